The van der Waals surface area contributed by atoms with Crippen LogP contribution in [-0.2, 0) is 28.6 Å². The van der Waals surface area contributed by atoms with Crippen LogP contribution in [0.3, 0.4) is 0 Å². The van der Waals surface area contributed by atoms with E-state index in [4.69, 9.17) is 14.2 Å². The van der Waals surface area contributed by atoms with Gasteiger partial charge < -0.3 is 14.2 Å². The van der Waals surface area contributed by atoms with Gasteiger partial charge in [0, 0.05) is 19.3 Å². The smallest absolute Gasteiger partial charge is 0.306 e. The minimum Gasteiger partial charge on any atom is -0.462 e. The quantitative estimate of drug-likeness (QED) is 0.0261. The number of rotatable bonds is 62. The van der Waals surface area contributed by atoms with Gasteiger partial charge in [-0.1, -0.05) is 309 Å². The second kappa shape index (κ2) is 70.0. The topological polar surface area (TPSA) is 78.9 Å². The second-order valence-corrected chi connectivity index (χ2v) is 22.7. The van der Waals surface area contributed by atoms with Crippen LogP contribution in [0.5, 0.6) is 0 Å². The predicted octanol–water partition coefficient (Wildman–Crippen LogP) is 24.1. The van der Waals surface area contributed by atoms with Crippen LogP contribution in [0.15, 0.2) is 134 Å². The van der Waals surface area contributed by atoms with Crippen molar-refractivity contribution in [3.05, 3.63) is 134 Å². The molecule has 0 amide bonds. The van der Waals surface area contributed by atoms with Gasteiger partial charge in [-0.2, -0.15) is 0 Å². The van der Waals surface area contributed by atoms with Gasteiger partial charge in [0.1, 0.15) is 13.2 Å². The Morgan fingerprint density at radius 1 is 0.253 bits per heavy atom. The molecule has 1 unspecified atom stereocenters. The van der Waals surface area contributed by atoms with Crippen molar-refractivity contribution in [3.8, 4) is 0 Å². The maximum Gasteiger partial charge on any atom is 0.306 e. The van der Waals surface area contributed by atoms with Gasteiger partial charge in [-0.25, -0.2) is 0 Å². The van der Waals surface area contributed by atoms with Gasteiger partial charge in [-0.05, 0) is 122 Å². The second-order valence-electron chi connectivity index (χ2n) is 22.7. The van der Waals surface area contributed by atoms with E-state index < -0.39 is 6.10 Å². The van der Waals surface area contributed by atoms with Crippen LogP contribution in [-0.4, -0.2) is 37.2 Å². The summed E-state index contributed by atoms with van der Waals surface area (Å²) in [5.74, 6) is -0.915. The van der Waals surface area contributed by atoms with E-state index in [1.54, 1.807) is 0 Å². The summed E-state index contributed by atoms with van der Waals surface area (Å²) < 4.78 is 16.8. The summed E-state index contributed by atoms with van der Waals surface area (Å²) in [6.45, 7) is 6.43. The van der Waals surface area contributed by atoms with Crippen LogP contribution >= 0.6 is 0 Å². The van der Waals surface area contributed by atoms with E-state index >= 15 is 0 Å². The van der Waals surface area contributed by atoms with Crippen LogP contribution in [0.1, 0.15) is 316 Å². The zero-order chi connectivity index (χ0) is 59.9. The highest BCUT2D eigenvalue weighted by Crippen LogP contribution is 2.16. The molecule has 0 saturated heterocycles. The van der Waals surface area contributed by atoms with Gasteiger partial charge >= 0.3 is 17.9 Å². The van der Waals surface area contributed by atoms with Gasteiger partial charge in [0.15, 0.2) is 6.10 Å². The monoisotopic (exact) mass is 1150 g/mol. The highest BCUT2D eigenvalue weighted by Gasteiger charge is 2.19. The number of hydrogen-bond donors (Lipinski definition) is 0. The number of allylic oxidation sites excluding steroid dienone is 22. The fourth-order valence-electron chi connectivity index (χ4n) is 9.47. The van der Waals surface area contributed by atoms with E-state index in [1.165, 1.54) is 128 Å². The number of carbonyl (C=O) groups excluding carboxylic acids is 3. The largest absolute Gasteiger partial charge is 0.462 e. The number of unbranched alkanes of at least 4 members (excludes halogenated alkanes) is 29. The average molecular weight is 1150 g/mol. The van der Waals surface area contributed by atoms with Crippen molar-refractivity contribution < 1.29 is 28.6 Å². The van der Waals surface area contributed by atoms with Crippen molar-refractivity contribution in [1.82, 2.24) is 0 Å². The van der Waals surface area contributed by atoms with Crippen molar-refractivity contribution in [1.29, 1.82) is 0 Å². The third kappa shape index (κ3) is 68.2. The summed E-state index contributed by atoms with van der Waals surface area (Å²) in [7, 11) is 0. The highest BCUT2D eigenvalue weighted by atomic mass is 16.6. The first-order valence-corrected chi connectivity index (χ1v) is 34.7. The Kier molecular flexibility index (Phi) is 66.3. The van der Waals surface area contributed by atoms with Crippen LogP contribution in [0.25, 0.3) is 0 Å². The van der Waals surface area contributed by atoms with Crippen LogP contribution in [0, 0.1) is 0 Å². The van der Waals surface area contributed by atoms with Gasteiger partial charge in [0.2, 0.25) is 0 Å². The molecule has 0 aromatic carbocycles. The van der Waals surface area contributed by atoms with Gasteiger partial charge in [-0.3, -0.25) is 14.4 Å². The van der Waals surface area contributed by atoms with Crippen molar-refractivity contribution in [2.24, 2.45) is 0 Å². The molecule has 1 atom stereocenters. The summed E-state index contributed by atoms with van der Waals surface area (Å²) in [4.78, 5) is 38.0. The molecule has 83 heavy (non-hydrogen) atoms. The summed E-state index contributed by atoms with van der Waals surface area (Å²) in [5.41, 5.74) is 0. The average Bonchev–Trinajstić information content (AvgIpc) is 3.49. The van der Waals surface area contributed by atoms with Crippen LogP contribution < -0.4 is 0 Å². The van der Waals surface area contributed by atoms with E-state index in [2.05, 4.69) is 154 Å². The highest BCUT2D eigenvalue weighted by molar-refractivity contribution is 5.71. The molecule has 0 aliphatic rings. The van der Waals surface area contributed by atoms with Crippen LogP contribution in [0.2, 0.25) is 0 Å². The lowest BCUT2D eigenvalue weighted by Crippen LogP contribution is -2.30. The lowest BCUT2D eigenvalue weighted by molar-refractivity contribution is -0.167. The third-order valence-corrected chi connectivity index (χ3v) is 14.6. The minimum absolute atomic E-state index is 0.0861. The molecule has 6 nitrogen and oxygen atoms in total. The zero-order valence-electron chi connectivity index (χ0n) is 54.2. The minimum atomic E-state index is -0.787. The molecular formula is C77H128O6. The number of ether oxygens (including phenoxy) is 3. The fraction of sp³-hybridized carbons (Fsp3) is 0.675. The molecule has 0 saturated carbocycles. The molecule has 472 valence electrons. The molecule has 0 heterocycles. The number of esters is 3. The molecule has 0 radical (unpaired) electrons. The summed E-state index contributed by atoms with van der Waals surface area (Å²) in [6, 6.07) is 0. The first-order valence-electron chi connectivity index (χ1n) is 34.7. The number of hydrogen-bond acceptors (Lipinski definition) is 6. The van der Waals surface area contributed by atoms with Gasteiger partial charge in [0.05, 0.1) is 0 Å². The Labute approximate surface area is 513 Å². The molecule has 0 aromatic rings. The lowest BCUT2D eigenvalue weighted by Gasteiger charge is -2.18. The summed E-state index contributed by atoms with van der Waals surface area (Å²) in [5, 5.41) is 0. The fourth-order valence-corrected chi connectivity index (χ4v) is 9.47. The van der Waals surface area contributed by atoms with Crippen LogP contribution in [0.4, 0.5) is 0 Å². The maximum absolute atomic E-state index is 12.9. The molecule has 0 rings (SSSR count). The molecule has 0 bridgehead atoms. The van der Waals surface area contributed by atoms with Crippen molar-refractivity contribution in [2.75, 3.05) is 13.2 Å². The van der Waals surface area contributed by atoms with Crippen molar-refractivity contribution >= 4 is 17.9 Å². The Hall–Kier alpha value is -4.45. The predicted molar refractivity (Wildman–Crippen MR) is 362 cm³/mol. The molecular weight excluding hydrogens is 1020 g/mol. The Morgan fingerprint density at radius 2 is 0.470 bits per heavy atom. The van der Waals surface area contributed by atoms with E-state index in [9.17, 15) is 14.4 Å². The normalized spacial score (nSPS) is 13.0. The Balaban J connectivity index is 4.08. The maximum atomic E-state index is 12.9. The van der Waals surface area contributed by atoms with Crippen molar-refractivity contribution in [3.63, 3.8) is 0 Å². The standard InChI is InChI=1S/C77H128O6/c1-4-7-10-13-15-17-19-21-23-25-27-29-31-33-35-36-37-38-39-40-42-43-45-47-49-51-53-55-57-59-61-64-67-70-76(79)82-73-74(72-81-75(78)69-66-63-12-9-6-3)83-77(80)71-68-65-62-60-58-56-54-52-50-48-46-44-41-34-32-30-28-26-24-22-20-18-16-14-11-8-5-2/h7,10,15,17,20-23,26-29,33,35,37-38,40,42,45,47,51,53,74H,4-6,8-9,11-14,16,18-19,24-25,30-32,34,36,39,41,43-44,46,48-50,52,54-73H2,1-3H3/b10-7-,17-15-,22-20-,23-21-,28-26-,29-27-,35-33-,38-37-,42-40-,47-45-,53-51-. The Morgan fingerprint density at radius 3 is 0.735 bits per heavy atom. The first kappa shape index (κ1) is 78.5. The molecule has 0 aliphatic carbocycles. The van der Waals surface area contributed by atoms with Crippen molar-refractivity contribution in [2.45, 2.75) is 322 Å². The van der Waals surface area contributed by atoms with E-state index in [1.807, 2.05) is 0 Å². The summed E-state index contributed by atoms with van der Waals surface area (Å²) in [6.07, 6.45) is 99.5. The lowest BCUT2D eigenvalue weighted by atomic mass is 10.0. The zero-order valence-corrected chi connectivity index (χ0v) is 54.2. The first-order chi connectivity index (χ1) is 41.0. The van der Waals surface area contributed by atoms with Gasteiger partial charge in [-0.15, -0.1) is 0 Å². The SMILES string of the molecule is CC/C=C\C/C=C\C/C=C\C/C=C\C/C=C\C/C=C\C/C=C\C/C=C\C/C=C\CCCCCCCC(=O)OCC(COC(=O)CCCCCCC)OC(=O)CCCCCCCCCCCCCCCCC/C=C\C/C=C\CCCCCCC. The molecule has 0 fully saturated rings. The number of carbonyl (C=O) groups is 3. The molecule has 0 aromatic heterocycles. The summed E-state index contributed by atoms with van der Waals surface area (Å²) >= 11 is 0. The molecule has 0 aliphatic heterocycles. The van der Waals surface area contributed by atoms with E-state index in [-0.39, 0.29) is 31.1 Å². The molecule has 0 spiro atoms. The molecule has 0 N–H and O–H groups in total. The molecule has 6 heteroatoms. The van der Waals surface area contributed by atoms with E-state index in [0.29, 0.717) is 19.3 Å². The third-order valence-electron chi connectivity index (χ3n) is 14.6. The van der Waals surface area contributed by atoms with Gasteiger partial charge in [0.25, 0.3) is 0 Å². The van der Waals surface area contributed by atoms with E-state index in [0.717, 1.165) is 148 Å². The Bertz CT molecular complexity index is 1750.